The average Bonchev–Trinajstić information content (AvgIpc) is 2.37. The van der Waals surface area contributed by atoms with Gasteiger partial charge in [-0.2, -0.15) is 0 Å². The predicted octanol–water partition coefficient (Wildman–Crippen LogP) is 3.34. The van der Waals surface area contributed by atoms with Crippen LogP contribution in [0.3, 0.4) is 0 Å². The molecule has 0 spiro atoms. The molecule has 0 bridgehead atoms. The molecule has 0 aliphatic heterocycles. The van der Waals surface area contributed by atoms with E-state index in [2.05, 4.69) is 24.4 Å². The number of hydrogen-bond donors (Lipinski definition) is 1. The maximum atomic E-state index is 11.3. The molecule has 0 saturated heterocycles. The van der Waals surface area contributed by atoms with Gasteiger partial charge in [-0.05, 0) is 25.5 Å². The summed E-state index contributed by atoms with van der Waals surface area (Å²) >= 11 is 0. The van der Waals surface area contributed by atoms with Gasteiger partial charge < -0.3 is 10.1 Å². The smallest absolute Gasteiger partial charge is 0.325 e. The van der Waals surface area contributed by atoms with Crippen molar-refractivity contribution in [2.75, 3.05) is 18.5 Å². The van der Waals surface area contributed by atoms with Gasteiger partial charge in [0.15, 0.2) is 0 Å². The molecule has 1 aromatic carbocycles. The molecule has 1 aromatic rings. The summed E-state index contributed by atoms with van der Waals surface area (Å²) < 4.78 is 4.90. The first-order valence-electron chi connectivity index (χ1n) is 6.30. The van der Waals surface area contributed by atoms with Gasteiger partial charge in [-0.25, -0.2) is 0 Å². The number of esters is 1. The van der Waals surface area contributed by atoms with Crippen LogP contribution >= 0.6 is 0 Å². The first kappa shape index (κ1) is 14.3. The number of nitrogens with one attached hydrogen (secondary N) is 1. The molecule has 3 heteroatoms. The Balaban J connectivity index is 2.73. The van der Waals surface area contributed by atoms with Crippen molar-refractivity contribution in [3.8, 4) is 0 Å². The van der Waals surface area contributed by atoms with Gasteiger partial charge in [-0.3, -0.25) is 4.79 Å². The summed E-state index contributed by atoms with van der Waals surface area (Å²) in [6.07, 6.45) is 4.16. The lowest BCUT2D eigenvalue weighted by atomic mass is 9.99. The molecule has 0 radical (unpaired) electrons. The molecule has 1 N–H and O–H groups in total. The molecule has 0 aromatic heterocycles. The van der Waals surface area contributed by atoms with Crippen molar-refractivity contribution >= 4 is 11.7 Å². The molecule has 1 atom stereocenters. The standard InChI is InChI=1S/C15H21NO2/c1-4-8-12(3)13-9-6-7-10-14(13)16-11-15(17)18-5-2/h4,6-10,12,16H,5,11H2,1-3H3/b8-4+. The molecule has 1 unspecified atom stereocenters. The van der Waals surface area contributed by atoms with Gasteiger partial charge in [0.2, 0.25) is 0 Å². The maximum absolute atomic E-state index is 11.3. The van der Waals surface area contributed by atoms with Gasteiger partial charge in [0.05, 0.1) is 6.61 Å². The first-order valence-corrected chi connectivity index (χ1v) is 6.30. The highest BCUT2D eigenvalue weighted by Crippen LogP contribution is 2.25. The third-order valence-electron chi connectivity index (χ3n) is 2.66. The lowest BCUT2D eigenvalue weighted by Gasteiger charge is -2.14. The second kappa shape index (κ2) is 7.54. The number of rotatable bonds is 6. The Morgan fingerprint density at radius 1 is 1.44 bits per heavy atom. The highest BCUT2D eigenvalue weighted by molar-refractivity contribution is 5.75. The van der Waals surface area contributed by atoms with Gasteiger partial charge in [0.25, 0.3) is 0 Å². The van der Waals surface area contributed by atoms with E-state index >= 15 is 0 Å². The highest BCUT2D eigenvalue weighted by atomic mass is 16.5. The fourth-order valence-electron chi connectivity index (χ4n) is 1.83. The number of allylic oxidation sites excluding steroid dienone is 2. The van der Waals surface area contributed by atoms with E-state index in [-0.39, 0.29) is 12.5 Å². The van der Waals surface area contributed by atoms with Crippen molar-refractivity contribution in [3.05, 3.63) is 42.0 Å². The van der Waals surface area contributed by atoms with E-state index < -0.39 is 0 Å². The van der Waals surface area contributed by atoms with Gasteiger partial charge in [0, 0.05) is 11.6 Å². The van der Waals surface area contributed by atoms with Crippen LogP contribution in [-0.4, -0.2) is 19.1 Å². The van der Waals surface area contributed by atoms with Gasteiger partial charge >= 0.3 is 5.97 Å². The Morgan fingerprint density at radius 3 is 2.83 bits per heavy atom. The molecular weight excluding hydrogens is 226 g/mol. The summed E-state index contributed by atoms with van der Waals surface area (Å²) in [5.74, 6) is 0.0897. The summed E-state index contributed by atoms with van der Waals surface area (Å²) in [5.41, 5.74) is 2.16. The minimum Gasteiger partial charge on any atom is -0.465 e. The SMILES string of the molecule is C/C=C/C(C)c1ccccc1NCC(=O)OCC. The summed E-state index contributed by atoms with van der Waals surface area (Å²) in [6, 6.07) is 8.01. The van der Waals surface area contributed by atoms with Crippen LogP contribution in [-0.2, 0) is 9.53 Å². The summed E-state index contributed by atoms with van der Waals surface area (Å²) in [4.78, 5) is 11.3. The largest absolute Gasteiger partial charge is 0.465 e. The minimum absolute atomic E-state index is 0.202. The van der Waals surface area contributed by atoms with E-state index in [9.17, 15) is 4.79 Å². The fraction of sp³-hybridized carbons (Fsp3) is 0.400. The quantitative estimate of drug-likeness (QED) is 0.619. The van der Waals surface area contributed by atoms with Crippen LogP contribution in [0.25, 0.3) is 0 Å². The number of ether oxygens (including phenoxy) is 1. The molecule has 0 amide bonds. The molecule has 0 saturated carbocycles. The number of para-hydroxylation sites is 1. The van der Waals surface area contributed by atoms with E-state index in [0.29, 0.717) is 12.5 Å². The molecule has 98 valence electrons. The maximum Gasteiger partial charge on any atom is 0.325 e. The number of carbonyl (C=O) groups is 1. The average molecular weight is 247 g/mol. The third kappa shape index (κ3) is 4.24. The van der Waals surface area contributed by atoms with Crippen LogP contribution in [0.4, 0.5) is 5.69 Å². The van der Waals surface area contributed by atoms with E-state index in [4.69, 9.17) is 4.74 Å². The van der Waals surface area contributed by atoms with E-state index in [1.54, 1.807) is 6.92 Å². The van der Waals surface area contributed by atoms with Crippen molar-refractivity contribution in [1.82, 2.24) is 0 Å². The highest BCUT2D eigenvalue weighted by Gasteiger charge is 2.08. The van der Waals surface area contributed by atoms with Crippen LogP contribution in [0, 0.1) is 0 Å². The zero-order valence-corrected chi connectivity index (χ0v) is 11.3. The molecule has 3 nitrogen and oxygen atoms in total. The van der Waals surface area contributed by atoms with Crippen molar-refractivity contribution < 1.29 is 9.53 Å². The van der Waals surface area contributed by atoms with Crippen molar-refractivity contribution in [1.29, 1.82) is 0 Å². The molecule has 1 rings (SSSR count). The van der Waals surface area contributed by atoms with E-state index in [1.165, 1.54) is 5.56 Å². The van der Waals surface area contributed by atoms with Crippen LogP contribution in [0.2, 0.25) is 0 Å². The molecule has 0 aliphatic rings. The zero-order valence-electron chi connectivity index (χ0n) is 11.3. The van der Waals surface area contributed by atoms with Gasteiger partial charge in [0.1, 0.15) is 6.54 Å². The Bertz CT molecular complexity index is 413. The zero-order chi connectivity index (χ0) is 13.4. The Morgan fingerprint density at radius 2 is 2.17 bits per heavy atom. The lowest BCUT2D eigenvalue weighted by Crippen LogP contribution is -2.17. The molecule has 0 fully saturated rings. The minimum atomic E-state index is -0.231. The topological polar surface area (TPSA) is 38.3 Å². The third-order valence-corrected chi connectivity index (χ3v) is 2.66. The second-order valence-electron chi connectivity index (χ2n) is 4.06. The molecule has 0 heterocycles. The van der Waals surface area contributed by atoms with Gasteiger partial charge in [-0.1, -0.05) is 37.3 Å². The number of hydrogen-bond acceptors (Lipinski definition) is 3. The van der Waals surface area contributed by atoms with Crippen LogP contribution in [0.15, 0.2) is 36.4 Å². The molecule has 18 heavy (non-hydrogen) atoms. The number of benzene rings is 1. The van der Waals surface area contributed by atoms with Crippen molar-refractivity contribution in [2.24, 2.45) is 0 Å². The lowest BCUT2D eigenvalue weighted by molar-refractivity contribution is -0.140. The van der Waals surface area contributed by atoms with Gasteiger partial charge in [-0.15, -0.1) is 0 Å². The van der Waals surface area contributed by atoms with Crippen molar-refractivity contribution in [2.45, 2.75) is 26.7 Å². The monoisotopic (exact) mass is 247 g/mol. The summed E-state index contributed by atoms with van der Waals surface area (Å²) in [7, 11) is 0. The first-order chi connectivity index (χ1) is 8.69. The number of carbonyl (C=O) groups excluding carboxylic acids is 1. The Hall–Kier alpha value is -1.77. The number of anilines is 1. The predicted molar refractivity (Wildman–Crippen MR) is 74.8 cm³/mol. The van der Waals surface area contributed by atoms with Crippen molar-refractivity contribution in [3.63, 3.8) is 0 Å². The molecular formula is C15H21NO2. The normalized spacial score (nSPS) is 12.4. The van der Waals surface area contributed by atoms with E-state index in [0.717, 1.165) is 5.69 Å². The summed E-state index contributed by atoms with van der Waals surface area (Å²) in [5, 5.41) is 3.13. The fourth-order valence-corrected chi connectivity index (χ4v) is 1.83. The summed E-state index contributed by atoms with van der Waals surface area (Å²) in [6.45, 7) is 6.56. The van der Waals surface area contributed by atoms with Crippen LogP contribution in [0.5, 0.6) is 0 Å². The van der Waals surface area contributed by atoms with E-state index in [1.807, 2.05) is 31.2 Å². The Labute approximate surface area is 109 Å². The van der Waals surface area contributed by atoms with Crippen LogP contribution < -0.4 is 5.32 Å². The molecule has 0 aliphatic carbocycles. The Kier molecular flexibility index (Phi) is 5.98. The second-order valence-corrected chi connectivity index (χ2v) is 4.06. The van der Waals surface area contributed by atoms with Crippen LogP contribution in [0.1, 0.15) is 32.3 Å².